The molecule has 3 aromatic rings. The largest absolute Gasteiger partial charge is 0.453 e. The SMILES string of the molecule is CN(C(=N)N)C(=O)c1cc2c(C(F)(F)F)ccc(Oc3cncc(N)c3)c2[nH]1. The number of fused-ring (bicyclic) bond motifs is 1. The third-order valence-electron chi connectivity index (χ3n) is 3.92. The standard InChI is InChI=1S/C17H15F3N6O2/c1-26(16(22)23)15(27)12-5-10-11(17(18,19)20)2-3-13(14(10)25-12)28-9-4-8(21)6-24-7-9/h2-7,25H,21H2,1H3,(H3,22,23). The fourth-order valence-electron chi connectivity index (χ4n) is 2.55. The van der Waals surface area contributed by atoms with E-state index in [2.05, 4.69) is 9.97 Å². The first-order chi connectivity index (χ1) is 13.1. The molecule has 0 saturated heterocycles. The lowest BCUT2D eigenvalue weighted by molar-refractivity contribution is -0.136. The highest BCUT2D eigenvalue weighted by Gasteiger charge is 2.34. The number of H-pyrrole nitrogens is 1. The summed E-state index contributed by atoms with van der Waals surface area (Å²) in [6.45, 7) is 0. The van der Waals surface area contributed by atoms with E-state index < -0.39 is 23.6 Å². The number of carbonyl (C=O) groups excluding carboxylic acids is 1. The predicted molar refractivity (Wildman–Crippen MR) is 96.0 cm³/mol. The molecule has 0 radical (unpaired) electrons. The Labute approximate surface area is 156 Å². The maximum Gasteiger partial charge on any atom is 0.417 e. The van der Waals surface area contributed by atoms with Crippen molar-refractivity contribution in [2.45, 2.75) is 6.18 Å². The van der Waals surface area contributed by atoms with Gasteiger partial charge in [0, 0.05) is 18.5 Å². The molecular weight excluding hydrogens is 377 g/mol. The number of hydrogen-bond donors (Lipinski definition) is 4. The molecular formula is C17H15F3N6O2. The van der Waals surface area contributed by atoms with Crippen LogP contribution in [0.15, 0.2) is 36.7 Å². The normalized spacial score (nSPS) is 11.4. The van der Waals surface area contributed by atoms with Crippen molar-refractivity contribution in [3.8, 4) is 11.5 Å². The summed E-state index contributed by atoms with van der Waals surface area (Å²) in [5.74, 6) is -1.07. The molecule has 0 fully saturated rings. The van der Waals surface area contributed by atoms with E-state index in [1.807, 2.05) is 0 Å². The number of nitrogens with zero attached hydrogens (tertiary/aromatic N) is 2. The molecule has 146 valence electrons. The maximum atomic E-state index is 13.4. The second-order valence-electron chi connectivity index (χ2n) is 5.89. The number of aromatic amines is 1. The lowest BCUT2D eigenvalue weighted by Crippen LogP contribution is -2.38. The van der Waals surface area contributed by atoms with Gasteiger partial charge in [-0.1, -0.05) is 0 Å². The Bertz CT molecular complexity index is 1080. The lowest BCUT2D eigenvalue weighted by atomic mass is 10.1. The summed E-state index contributed by atoms with van der Waals surface area (Å²) >= 11 is 0. The van der Waals surface area contributed by atoms with Crippen LogP contribution >= 0.6 is 0 Å². The maximum absolute atomic E-state index is 13.4. The van der Waals surface area contributed by atoms with Crippen molar-refractivity contribution in [1.29, 1.82) is 5.41 Å². The van der Waals surface area contributed by atoms with E-state index in [0.29, 0.717) is 5.69 Å². The molecule has 0 atom stereocenters. The summed E-state index contributed by atoms with van der Waals surface area (Å²) < 4.78 is 45.8. The van der Waals surface area contributed by atoms with E-state index in [-0.39, 0.29) is 28.1 Å². The molecule has 0 bridgehead atoms. The molecule has 3 rings (SSSR count). The van der Waals surface area contributed by atoms with E-state index in [1.54, 1.807) is 0 Å². The molecule has 0 unspecified atom stereocenters. The Morgan fingerprint density at radius 3 is 2.61 bits per heavy atom. The Balaban J connectivity index is 2.15. The summed E-state index contributed by atoms with van der Waals surface area (Å²) in [5.41, 5.74) is 10.0. The highest BCUT2D eigenvalue weighted by atomic mass is 19.4. The second kappa shape index (κ2) is 6.76. The third-order valence-corrected chi connectivity index (χ3v) is 3.92. The van der Waals surface area contributed by atoms with Crippen LogP contribution in [0.3, 0.4) is 0 Å². The van der Waals surface area contributed by atoms with Gasteiger partial charge in [-0.2, -0.15) is 13.2 Å². The van der Waals surface area contributed by atoms with Gasteiger partial charge in [0.1, 0.15) is 11.4 Å². The van der Waals surface area contributed by atoms with Crippen molar-refractivity contribution in [1.82, 2.24) is 14.9 Å². The van der Waals surface area contributed by atoms with Crippen LogP contribution in [0.4, 0.5) is 18.9 Å². The fourth-order valence-corrected chi connectivity index (χ4v) is 2.55. The van der Waals surface area contributed by atoms with Gasteiger partial charge in [-0.3, -0.25) is 20.1 Å². The van der Waals surface area contributed by atoms with Crippen LogP contribution < -0.4 is 16.2 Å². The van der Waals surface area contributed by atoms with Gasteiger partial charge >= 0.3 is 6.18 Å². The number of nitrogens with one attached hydrogen (secondary N) is 2. The van der Waals surface area contributed by atoms with E-state index >= 15 is 0 Å². The molecule has 0 saturated carbocycles. The van der Waals surface area contributed by atoms with Crippen LogP contribution in [-0.4, -0.2) is 33.8 Å². The molecule has 28 heavy (non-hydrogen) atoms. The molecule has 8 nitrogen and oxygen atoms in total. The first kappa shape index (κ1) is 19.0. The minimum atomic E-state index is -4.65. The first-order valence-corrected chi connectivity index (χ1v) is 7.81. The van der Waals surface area contributed by atoms with Crippen molar-refractivity contribution < 1.29 is 22.7 Å². The Morgan fingerprint density at radius 2 is 2.00 bits per heavy atom. The second-order valence-corrected chi connectivity index (χ2v) is 5.89. The van der Waals surface area contributed by atoms with Crippen LogP contribution in [0, 0.1) is 5.41 Å². The van der Waals surface area contributed by atoms with Gasteiger partial charge in [0.15, 0.2) is 11.7 Å². The Morgan fingerprint density at radius 1 is 1.29 bits per heavy atom. The summed E-state index contributed by atoms with van der Waals surface area (Å²) in [5, 5.41) is 7.05. The van der Waals surface area contributed by atoms with Gasteiger partial charge in [-0.15, -0.1) is 0 Å². The van der Waals surface area contributed by atoms with E-state index in [4.69, 9.17) is 21.6 Å². The molecule has 0 aliphatic heterocycles. The van der Waals surface area contributed by atoms with Crippen molar-refractivity contribution >= 4 is 28.5 Å². The van der Waals surface area contributed by atoms with Crippen LogP contribution in [0.2, 0.25) is 0 Å². The number of rotatable bonds is 3. The average molecular weight is 392 g/mol. The van der Waals surface area contributed by atoms with Gasteiger partial charge in [-0.25, -0.2) is 0 Å². The molecule has 2 aromatic heterocycles. The van der Waals surface area contributed by atoms with Crippen molar-refractivity contribution in [3.63, 3.8) is 0 Å². The number of halogens is 3. The quantitative estimate of drug-likeness (QED) is 0.402. The summed E-state index contributed by atoms with van der Waals surface area (Å²) in [7, 11) is 1.23. The number of nitrogens with two attached hydrogens (primary N) is 2. The number of ether oxygens (including phenoxy) is 1. The van der Waals surface area contributed by atoms with Gasteiger partial charge in [0.25, 0.3) is 5.91 Å². The molecule has 2 heterocycles. The molecule has 0 aliphatic carbocycles. The zero-order valence-corrected chi connectivity index (χ0v) is 14.5. The number of nitrogen functional groups attached to an aromatic ring is 1. The highest BCUT2D eigenvalue weighted by molar-refractivity contribution is 6.06. The van der Waals surface area contributed by atoms with E-state index in [1.165, 1.54) is 25.5 Å². The van der Waals surface area contributed by atoms with Gasteiger partial charge in [0.05, 0.1) is 29.2 Å². The first-order valence-electron chi connectivity index (χ1n) is 7.81. The number of hydrogen-bond acceptors (Lipinski definition) is 5. The Kier molecular flexibility index (Phi) is 4.59. The van der Waals surface area contributed by atoms with Crippen molar-refractivity contribution in [2.24, 2.45) is 5.73 Å². The van der Waals surface area contributed by atoms with Crippen LogP contribution in [0.25, 0.3) is 10.9 Å². The molecule has 1 amide bonds. The molecule has 11 heteroatoms. The minimum absolute atomic E-state index is 0.0416. The fraction of sp³-hybridized carbons (Fsp3) is 0.118. The molecule has 6 N–H and O–H groups in total. The van der Waals surface area contributed by atoms with E-state index in [9.17, 15) is 18.0 Å². The molecule has 1 aromatic carbocycles. The van der Waals surface area contributed by atoms with Gasteiger partial charge in [0.2, 0.25) is 0 Å². The highest BCUT2D eigenvalue weighted by Crippen LogP contribution is 2.40. The van der Waals surface area contributed by atoms with Crippen LogP contribution in [0.1, 0.15) is 16.1 Å². The molecule has 0 aliphatic rings. The summed E-state index contributed by atoms with van der Waals surface area (Å²) in [6, 6.07) is 4.49. The lowest BCUT2D eigenvalue weighted by Gasteiger charge is -2.12. The number of guanidine groups is 1. The zero-order chi connectivity index (χ0) is 20.6. The number of alkyl halides is 3. The van der Waals surface area contributed by atoms with Crippen LogP contribution in [-0.2, 0) is 6.18 Å². The van der Waals surface area contributed by atoms with E-state index in [0.717, 1.165) is 23.1 Å². The van der Waals surface area contributed by atoms with Gasteiger partial charge < -0.3 is 21.2 Å². The zero-order valence-electron chi connectivity index (χ0n) is 14.5. The average Bonchev–Trinajstić information content (AvgIpc) is 3.05. The smallest absolute Gasteiger partial charge is 0.417 e. The minimum Gasteiger partial charge on any atom is -0.453 e. The number of carbonyl (C=O) groups is 1. The van der Waals surface area contributed by atoms with Crippen LogP contribution in [0.5, 0.6) is 11.5 Å². The Hall–Kier alpha value is -3.76. The third kappa shape index (κ3) is 3.54. The number of anilines is 1. The van der Waals surface area contributed by atoms with Crippen molar-refractivity contribution in [2.75, 3.05) is 12.8 Å². The van der Waals surface area contributed by atoms with Crippen molar-refractivity contribution in [3.05, 3.63) is 47.9 Å². The predicted octanol–water partition coefficient (Wildman–Crippen LogP) is 2.92. The topological polar surface area (TPSA) is 134 Å². The number of benzene rings is 1. The number of amides is 1. The monoisotopic (exact) mass is 392 g/mol. The molecule has 0 spiro atoms. The summed E-state index contributed by atoms with van der Waals surface area (Å²) in [6.07, 6.45) is -1.92. The summed E-state index contributed by atoms with van der Waals surface area (Å²) in [4.78, 5) is 19.6. The van der Waals surface area contributed by atoms with Gasteiger partial charge in [-0.05, 0) is 18.2 Å². The number of pyridine rings is 1. The number of aromatic nitrogens is 2.